The van der Waals surface area contributed by atoms with Crippen LogP contribution in [0.1, 0.15) is 35.7 Å². The van der Waals surface area contributed by atoms with Gasteiger partial charge in [0.05, 0.1) is 20.1 Å². The van der Waals surface area contributed by atoms with Crippen molar-refractivity contribution in [3.63, 3.8) is 0 Å². The first-order valence-corrected chi connectivity index (χ1v) is 15.2. The highest BCUT2D eigenvalue weighted by Crippen LogP contribution is 2.35. The third kappa shape index (κ3) is 6.43. The minimum atomic E-state index is -3.54. The monoisotopic (exact) mass is 563 g/mol. The Kier molecular flexibility index (Phi) is 9.07. The Morgan fingerprint density at radius 1 is 1.14 bits per heavy atom. The van der Waals surface area contributed by atoms with Gasteiger partial charge in [-0.3, -0.25) is 9.69 Å². The molecule has 2 heterocycles. The lowest BCUT2D eigenvalue weighted by molar-refractivity contribution is 0.0947. The topological polar surface area (TPSA) is 85.8 Å². The number of thiazole rings is 1. The van der Waals surface area contributed by atoms with Gasteiger partial charge in [0.15, 0.2) is 5.13 Å². The van der Waals surface area contributed by atoms with Crippen LogP contribution < -0.4 is 10.2 Å². The van der Waals surface area contributed by atoms with Crippen LogP contribution in [0.15, 0.2) is 41.3 Å². The zero-order valence-electron chi connectivity index (χ0n) is 21.5. The van der Waals surface area contributed by atoms with Gasteiger partial charge in [0.25, 0.3) is 5.91 Å². The maximum atomic E-state index is 12.7. The number of aromatic nitrogens is 1. The van der Waals surface area contributed by atoms with E-state index >= 15 is 0 Å². The zero-order chi connectivity index (χ0) is 26.6. The van der Waals surface area contributed by atoms with E-state index in [0.717, 1.165) is 71.5 Å². The maximum absolute atomic E-state index is 12.7. The fourth-order valence-electron chi connectivity index (χ4n) is 4.28. The van der Waals surface area contributed by atoms with E-state index in [1.807, 2.05) is 19.1 Å². The van der Waals surface area contributed by atoms with Crippen molar-refractivity contribution in [3.05, 3.63) is 52.5 Å². The summed E-state index contributed by atoms with van der Waals surface area (Å²) in [6, 6.07) is 10.1. The Morgan fingerprint density at radius 3 is 2.49 bits per heavy atom. The van der Waals surface area contributed by atoms with Gasteiger partial charge in [0, 0.05) is 58.4 Å². The van der Waals surface area contributed by atoms with Crippen molar-refractivity contribution in [2.45, 2.75) is 31.6 Å². The molecule has 1 saturated heterocycles. The first-order chi connectivity index (χ1) is 17.7. The summed E-state index contributed by atoms with van der Waals surface area (Å²) in [5, 5.41) is 4.70. The third-order valence-corrected chi connectivity index (χ3v) is 10.1. The quantitative estimate of drug-likeness (QED) is 0.397. The molecule has 200 valence electrons. The van der Waals surface area contributed by atoms with Crippen molar-refractivity contribution >= 4 is 54.2 Å². The molecule has 1 aromatic heterocycles. The first kappa shape index (κ1) is 27.8. The fourth-order valence-corrected chi connectivity index (χ4v) is 6.86. The van der Waals surface area contributed by atoms with Crippen molar-refractivity contribution < 1.29 is 13.2 Å². The van der Waals surface area contributed by atoms with Crippen LogP contribution in [0.2, 0.25) is 5.02 Å². The SMILES string of the molecule is CCCCN(C)S(=O)(=O)c1ccc(C(=O)NCCN2CCN(c3nc4c(C)ccc(Cl)c4s3)CC2)cc1. The van der Waals surface area contributed by atoms with Crippen LogP contribution in [0.4, 0.5) is 5.13 Å². The molecule has 1 aliphatic heterocycles. The van der Waals surface area contributed by atoms with E-state index in [2.05, 4.69) is 22.0 Å². The van der Waals surface area contributed by atoms with E-state index < -0.39 is 10.0 Å². The normalized spacial score (nSPS) is 15.0. The smallest absolute Gasteiger partial charge is 0.251 e. The minimum absolute atomic E-state index is 0.200. The molecule has 0 bridgehead atoms. The van der Waals surface area contributed by atoms with E-state index in [1.54, 1.807) is 30.5 Å². The highest BCUT2D eigenvalue weighted by Gasteiger charge is 2.22. The molecule has 8 nitrogen and oxygen atoms in total. The molecule has 0 atom stereocenters. The van der Waals surface area contributed by atoms with Gasteiger partial charge in [-0.2, -0.15) is 0 Å². The number of fused-ring (bicyclic) bond motifs is 1. The number of nitrogens with zero attached hydrogens (tertiary/aromatic N) is 4. The Hall–Kier alpha value is -2.24. The van der Waals surface area contributed by atoms with E-state index in [1.165, 1.54) is 16.4 Å². The average molecular weight is 564 g/mol. The van der Waals surface area contributed by atoms with Gasteiger partial charge in [0.1, 0.15) is 0 Å². The lowest BCUT2D eigenvalue weighted by atomic mass is 10.2. The number of carbonyl (C=O) groups is 1. The number of sulfonamides is 1. The molecule has 37 heavy (non-hydrogen) atoms. The van der Waals surface area contributed by atoms with Gasteiger partial charge in [-0.1, -0.05) is 42.3 Å². The highest BCUT2D eigenvalue weighted by atomic mass is 35.5. The molecule has 3 aromatic rings. The predicted octanol–water partition coefficient (Wildman–Crippen LogP) is 4.23. The molecule has 0 radical (unpaired) electrons. The summed E-state index contributed by atoms with van der Waals surface area (Å²) < 4.78 is 27.7. The number of halogens is 1. The number of amides is 1. The molecule has 4 rings (SSSR count). The molecule has 1 fully saturated rings. The molecule has 1 aliphatic rings. The summed E-state index contributed by atoms with van der Waals surface area (Å²) in [5.74, 6) is -0.205. The molecule has 11 heteroatoms. The molecule has 0 spiro atoms. The van der Waals surface area contributed by atoms with Crippen molar-refractivity contribution in [1.29, 1.82) is 0 Å². The van der Waals surface area contributed by atoms with Gasteiger partial charge in [0.2, 0.25) is 10.0 Å². The summed E-state index contributed by atoms with van der Waals surface area (Å²) in [5.41, 5.74) is 2.56. The van der Waals surface area contributed by atoms with Crippen LogP contribution in [-0.4, -0.2) is 81.4 Å². The van der Waals surface area contributed by atoms with Crippen LogP contribution >= 0.6 is 22.9 Å². The number of hydrogen-bond acceptors (Lipinski definition) is 7. The summed E-state index contributed by atoms with van der Waals surface area (Å²) >= 11 is 8.01. The lowest BCUT2D eigenvalue weighted by Gasteiger charge is -2.34. The Labute approximate surface area is 228 Å². The standard InChI is InChI=1S/C26H34ClN5O3S2/c1-4-5-13-30(3)37(34,35)21-9-7-20(8-10-21)25(33)28-12-14-31-15-17-32(18-16-31)26-29-23-19(2)6-11-22(27)24(23)36-26/h6-11H,4-5,12-18H2,1-3H3,(H,28,33). The van der Waals surface area contributed by atoms with Crippen LogP contribution in [-0.2, 0) is 10.0 Å². The number of piperazine rings is 1. The predicted molar refractivity (Wildman–Crippen MR) is 152 cm³/mol. The number of benzene rings is 2. The average Bonchev–Trinajstić information content (AvgIpc) is 3.37. The fraction of sp³-hybridized carbons (Fsp3) is 0.462. The zero-order valence-corrected chi connectivity index (χ0v) is 23.9. The first-order valence-electron chi connectivity index (χ1n) is 12.6. The Bertz CT molecular complexity index is 1300. The largest absolute Gasteiger partial charge is 0.351 e. The van der Waals surface area contributed by atoms with Crippen molar-refractivity contribution in [3.8, 4) is 0 Å². The van der Waals surface area contributed by atoms with Gasteiger partial charge in [-0.15, -0.1) is 0 Å². The number of aryl methyl sites for hydroxylation is 1. The molecule has 0 saturated carbocycles. The number of unbranched alkanes of at least 4 members (excludes halogenated alkanes) is 1. The third-order valence-electron chi connectivity index (χ3n) is 6.69. The minimum Gasteiger partial charge on any atom is -0.351 e. The van der Waals surface area contributed by atoms with E-state index in [4.69, 9.17) is 16.6 Å². The van der Waals surface area contributed by atoms with Crippen molar-refractivity contribution in [2.75, 3.05) is 57.8 Å². The molecule has 1 N–H and O–H groups in total. The van der Waals surface area contributed by atoms with Gasteiger partial charge < -0.3 is 10.2 Å². The summed E-state index contributed by atoms with van der Waals surface area (Å²) in [4.78, 5) is 22.2. The maximum Gasteiger partial charge on any atom is 0.251 e. The van der Waals surface area contributed by atoms with Crippen LogP contribution in [0, 0.1) is 6.92 Å². The molecular weight excluding hydrogens is 530 g/mol. The van der Waals surface area contributed by atoms with E-state index in [0.29, 0.717) is 18.7 Å². The molecule has 0 unspecified atom stereocenters. The van der Waals surface area contributed by atoms with Crippen molar-refractivity contribution in [2.24, 2.45) is 0 Å². The molecule has 1 amide bonds. The van der Waals surface area contributed by atoms with Crippen molar-refractivity contribution in [1.82, 2.24) is 19.5 Å². The number of anilines is 1. The number of carbonyl (C=O) groups excluding carboxylic acids is 1. The number of hydrogen-bond donors (Lipinski definition) is 1. The van der Waals surface area contributed by atoms with E-state index in [-0.39, 0.29) is 10.8 Å². The molecule has 2 aromatic carbocycles. The van der Waals surface area contributed by atoms with Gasteiger partial charge in [-0.25, -0.2) is 17.7 Å². The Morgan fingerprint density at radius 2 is 1.84 bits per heavy atom. The Balaban J connectivity index is 1.24. The van der Waals surface area contributed by atoms with Crippen LogP contribution in [0.3, 0.4) is 0 Å². The van der Waals surface area contributed by atoms with Crippen LogP contribution in [0.25, 0.3) is 10.2 Å². The summed E-state index contributed by atoms with van der Waals surface area (Å²) in [6.07, 6.45) is 1.73. The molecule has 0 aliphatic carbocycles. The summed E-state index contributed by atoms with van der Waals surface area (Å²) in [7, 11) is -1.96. The second-order valence-corrected chi connectivity index (χ2v) is 12.8. The summed E-state index contributed by atoms with van der Waals surface area (Å²) in [6.45, 7) is 9.33. The second kappa shape index (κ2) is 12.1. The van der Waals surface area contributed by atoms with Gasteiger partial charge >= 0.3 is 0 Å². The highest BCUT2D eigenvalue weighted by molar-refractivity contribution is 7.89. The lowest BCUT2D eigenvalue weighted by Crippen LogP contribution is -2.48. The van der Waals surface area contributed by atoms with E-state index in [9.17, 15) is 13.2 Å². The number of nitrogens with one attached hydrogen (secondary N) is 1. The second-order valence-electron chi connectivity index (χ2n) is 9.33. The molecular formula is C26H34ClN5O3S2. The number of rotatable bonds is 10. The van der Waals surface area contributed by atoms with Gasteiger partial charge in [-0.05, 0) is 49.2 Å². The van der Waals surface area contributed by atoms with Crippen LogP contribution in [0.5, 0.6) is 0 Å².